The van der Waals surface area contributed by atoms with Crippen LogP contribution in [-0.2, 0) is 16.6 Å². The van der Waals surface area contributed by atoms with Crippen LogP contribution in [-0.4, -0.2) is 22.6 Å². The summed E-state index contributed by atoms with van der Waals surface area (Å²) < 4.78 is 65.8. The number of methoxy groups -OCH3 is 2. The van der Waals surface area contributed by atoms with E-state index in [0.29, 0.717) is 22.6 Å². The first kappa shape index (κ1) is 21.6. The second-order valence-corrected chi connectivity index (χ2v) is 8.45. The summed E-state index contributed by atoms with van der Waals surface area (Å²) in [6, 6.07) is 13.7. The van der Waals surface area contributed by atoms with Crippen molar-refractivity contribution in [3.05, 3.63) is 83.4 Å². The number of halogens is 2. The lowest BCUT2D eigenvalue weighted by atomic mass is 10.1. The monoisotopic (exact) mass is 433 g/mol. The third kappa shape index (κ3) is 4.38. The Morgan fingerprint density at radius 2 is 1.53 bits per heavy atom. The van der Waals surface area contributed by atoms with Crippen LogP contribution < -0.4 is 13.8 Å². The van der Waals surface area contributed by atoms with Gasteiger partial charge in [0.25, 0.3) is 10.0 Å². The summed E-state index contributed by atoms with van der Waals surface area (Å²) in [5.74, 6) is -0.152. The van der Waals surface area contributed by atoms with E-state index in [1.54, 1.807) is 25.1 Å². The van der Waals surface area contributed by atoms with Crippen LogP contribution in [0.2, 0.25) is 0 Å². The van der Waals surface area contributed by atoms with Crippen LogP contribution in [0.4, 0.5) is 14.5 Å². The number of hydrogen-bond donors (Lipinski definition) is 0. The van der Waals surface area contributed by atoms with Gasteiger partial charge in [-0.1, -0.05) is 12.1 Å². The summed E-state index contributed by atoms with van der Waals surface area (Å²) >= 11 is 0. The first-order valence-corrected chi connectivity index (χ1v) is 10.5. The van der Waals surface area contributed by atoms with Gasteiger partial charge in [0, 0.05) is 0 Å². The summed E-state index contributed by atoms with van der Waals surface area (Å²) in [4.78, 5) is -0.106. The third-order valence-corrected chi connectivity index (χ3v) is 6.41. The molecular weight excluding hydrogens is 412 g/mol. The van der Waals surface area contributed by atoms with Gasteiger partial charge in [0.2, 0.25) is 0 Å². The van der Waals surface area contributed by atoms with E-state index in [2.05, 4.69) is 0 Å². The first-order chi connectivity index (χ1) is 14.3. The SMILES string of the molecule is COc1ccc(CN(c2ccc(C)c(F)c2)S(=O)(=O)c2ccc(F)cc2)cc1OC. The maximum absolute atomic E-state index is 14.2. The van der Waals surface area contributed by atoms with Crippen LogP contribution >= 0.6 is 0 Å². The normalized spacial score (nSPS) is 11.2. The molecule has 0 amide bonds. The number of aryl methyl sites for hydroxylation is 1. The molecule has 0 aliphatic rings. The Balaban J connectivity index is 2.10. The van der Waals surface area contributed by atoms with Gasteiger partial charge in [-0.3, -0.25) is 4.31 Å². The predicted octanol–water partition coefficient (Wildman–Crippen LogP) is 4.69. The van der Waals surface area contributed by atoms with Crippen LogP contribution in [0.3, 0.4) is 0 Å². The molecular formula is C22H21F2NO4S. The highest BCUT2D eigenvalue weighted by Gasteiger charge is 2.26. The van der Waals surface area contributed by atoms with Crippen molar-refractivity contribution in [2.24, 2.45) is 0 Å². The molecule has 0 atom stereocenters. The number of nitrogens with zero attached hydrogens (tertiary/aromatic N) is 1. The second-order valence-electron chi connectivity index (χ2n) is 6.59. The summed E-state index contributed by atoms with van der Waals surface area (Å²) in [6.07, 6.45) is 0. The molecule has 0 fully saturated rings. The van der Waals surface area contributed by atoms with Gasteiger partial charge >= 0.3 is 0 Å². The zero-order valence-electron chi connectivity index (χ0n) is 16.7. The number of sulfonamides is 1. The molecule has 0 heterocycles. The molecule has 0 aromatic heterocycles. The molecule has 30 heavy (non-hydrogen) atoms. The summed E-state index contributed by atoms with van der Waals surface area (Å²) in [7, 11) is -1.13. The largest absolute Gasteiger partial charge is 0.493 e. The van der Waals surface area contributed by atoms with E-state index >= 15 is 0 Å². The highest BCUT2D eigenvalue weighted by Crippen LogP contribution is 2.31. The molecule has 0 saturated carbocycles. The van der Waals surface area contributed by atoms with E-state index in [-0.39, 0.29) is 17.1 Å². The Kier molecular flexibility index (Phi) is 6.26. The van der Waals surface area contributed by atoms with Crippen molar-refractivity contribution >= 4 is 15.7 Å². The van der Waals surface area contributed by atoms with Crippen molar-refractivity contribution in [2.45, 2.75) is 18.4 Å². The van der Waals surface area contributed by atoms with Gasteiger partial charge in [0.1, 0.15) is 11.6 Å². The van der Waals surface area contributed by atoms with Gasteiger partial charge in [-0.2, -0.15) is 0 Å². The molecule has 0 aliphatic carbocycles. The third-order valence-electron chi connectivity index (χ3n) is 4.62. The highest BCUT2D eigenvalue weighted by molar-refractivity contribution is 7.92. The molecule has 0 aliphatic heterocycles. The number of hydrogen-bond acceptors (Lipinski definition) is 4. The van der Waals surface area contributed by atoms with Crippen LogP contribution in [0.1, 0.15) is 11.1 Å². The molecule has 8 heteroatoms. The maximum atomic E-state index is 14.2. The lowest BCUT2D eigenvalue weighted by Gasteiger charge is -2.25. The lowest BCUT2D eigenvalue weighted by molar-refractivity contribution is 0.354. The van der Waals surface area contributed by atoms with Crippen molar-refractivity contribution in [1.82, 2.24) is 0 Å². The second kappa shape index (κ2) is 8.71. The highest BCUT2D eigenvalue weighted by atomic mass is 32.2. The van der Waals surface area contributed by atoms with Gasteiger partial charge in [0.05, 0.1) is 31.3 Å². The van der Waals surface area contributed by atoms with E-state index in [1.807, 2.05) is 0 Å². The molecule has 3 aromatic rings. The molecule has 158 valence electrons. The number of benzene rings is 3. The van der Waals surface area contributed by atoms with Crippen molar-refractivity contribution < 1.29 is 26.7 Å². The Morgan fingerprint density at radius 3 is 2.13 bits per heavy atom. The molecule has 0 N–H and O–H groups in total. The fraction of sp³-hybridized carbons (Fsp3) is 0.182. The number of rotatable bonds is 7. The van der Waals surface area contributed by atoms with Crippen LogP contribution in [0.25, 0.3) is 0 Å². The predicted molar refractivity (Wildman–Crippen MR) is 110 cm³/mol. The molecule has 0 radical (unpaired) electrons. The number of anilines is 1. The van der Waals surface area contributed by atoms with Crippen molar-refractivity contribution in [2.75, 3.05) is 18.5 Å². The van der Waals surface area contributed by atoms with Gasteiger partial charge in [-0.15, -0.1) is 0 Å². The summed E-state index contributed by atoms with van der Waals surface area (Å²) in [5, 5.41) is 0. The van der Waals surface area contributed by atoms with E-state index < -0.39 is 21.7 Å². The van der Waals surface area contributed by atoms with Crippen LogP contribution in [0.5, 0.6) is 11.5 Å². The fourth-order valence-corrected chi connectivity index (χ4v) is 4.38. The van der Waals surface area contributed by atoms with E-state index in [0.717, 1.165) is 22.5 Å². The Labute approximate surface area is 174 Å². The first-order valence-electron chi connectivity index (χ1n) is 9.01. The van der Waals surface area contributed by atoms with E-state index in [4.69, 9.17) is 9.47 Å². The zero-order chi connectivity index (χ0) is 21.9. The van der Waals surface area contributed by atoms with Gasteiger partial charge in [-0.05, 0) is 66.6 Å². The Morgan fingerprint density at radius 1 is 0.867 bits per heavy atom. The molecule has 0 spiro atoms. The summed E-state index contributed by atoms with van der Waals surface area (Å²) in [5.41, 5.74) is 1.14. The fourth-order valence-electron chi connectivity index (χ4n) is 2.93. The van der Waals surface area contributed by atoms with Crippen LogP contribution in [0, 0.1) is 18.6 Å². The van der Waals surface area contributed by atoms with E-state index in [9.17, 15) is 17.2 Å². The van der Waals surface area contributed by atoms with E-state index in [1.165, 1.54) is 38.5 Å². The van der Waals surface area contributed by atoms with Crippen molar-refractivity contribution in [1.29, 1.82) is 0 Å². The standard InChI is InChI=1S/C22H21F2NO4S/c1-15-4-8-18(13-20(15)24)25(30(26,27)19-9-6-17(23)7-10-19)14-16-5-11-21(28-2)22(12-16)29-3/h4-13H,14H2,1-3H3. The molecule has 5 nitrogen and oxygen atoms in total. The number of ether oxygens (including phenoxy) is 2. The maximum Gasteiger partial charge on any atom is 0.264 e. The molecule has 0 bridgehead atoms. The van der Waals surface area contributed by atoms with Gasteiger partial charge in [-0.25, -0.2) is 17.2 Å². The van der Waals surface area contributed by atoms with Crippen molar-refractivity contribution in [3.63, 3.8) is 0 Å². The molecule has 3 aromatic carbocycles. The average Bonchev–Trinajstić information content (AvgIpc) is 2.74. The molecule has 3 rings (SSSR count). The lowest BCUT2D eigenvalue weighted by Crippen LogP contribution is -2.30. The summed E-state index contributed by atoms with van der Waals surface area (Å²) in [6.45, 7) is 1.49. The minimum absolute atomic E-state index is 0.0947. The van der Waals surface area contributed by atoms with Crippen molar-refractivity contribution in [3.8, 4) is 11.5 Å². The Bertz CT molecular complexity index is 1150. The van der Waals surface area contributed by atoms with Gasteiger partial charge in [0.15, 0.2) is 11.5 Å². The van der Waals surface area contributed by atoms with Crippen LogP contribution in [0.15, 0.2) is 65.6 Å². The molecule has 0 unspecified atom stereocenters. The minimum atomic E-state index is -4.11. The minimum Gasteiger partial charge on any atom is -0.493 e. The molecule has 0 saturated heterocycles. The smallest absolute Gasteiger partial charge is 0.264 e. The van der Waals surface area contributed by atoms with Gasteiger partial charge < -0.3 is 9.47 Å². The average molecular weight is 433 g/mol. The Hall–Kier alpha value is -3.13. The quantitative estimate of drug-likeness (QED) is 0.543. The zero-order valence-corrected chi connectivity index (χ0v) is 17.5. The topological polar surface area (TPSA) is 55.8 Å².